The van der Waals surface area contributed by atoms with Crippen LogP contribution in [0, 0.1) is 0 Å². The standard InChI is InChI=1S/C15H26N4O/c1-4-19(5-2)11-7-8-12(3)17-15(20)13-9-6-10-14(16)18-13/h6,9-10,12H,4-5,7-8,11H2,1-3H3,(H2,16,18)(H,17,20). The summed E-state index contributed by atoms with van der Waals surface area (Å²) in [6.45, 7) is 9.57. The quantitative estimate of drug-likeness (QED) is 0.762. The van der Waals surface area contributed by atoms with Gasteiger partial charge in [-0.3, -0.25) is 4.79 Å². The van der Waals surface area contributed by atoms with Crippen LogP contribution in [0.5, 0.6) is 0 Å². The smallest absolute Gasteiger partial charge is 0.270 e. The highest BCUT2D eigenvalue weighted by atomic mass is 16.1. The summed E-state index contributed by atoms with van der Waals surface area (Å²) >= 11 is 0. The molecule has 20 heavy (non-hydrogen) atoms. The monoisotopic (exact) mass is 278 g/mol. The van der Waals surface area contributed by atoms with E-state index in [4.69, 9.17) is 5.73 Å². The van der Waals surface area contributed by atoms with Crippen LogP contribution in [0.3, 0.4) is 0 Å². The number of hydrogen-bond acceptors (Lipinski definition) is 4. The van der Waals surface area contributed by atoms with Gasteiger partial charge in [0.2, 0.25) is 0 Å². The molecule has 0 saturated carbocycles. The molecule has 1 atom stereocenters. The van der Waals surface area contributed by atoms with Crippen LogP contribution in [0.1, 0.15) is 44.1 Å². The predicted octanol–water partition coefficient (Wildman–Crippen LogP) is 1.90. The molecule has 0 spiro atoms. The lowest BCUT2D eigenvalue weighted by molar-refractivity contribution is 0.0932. The average Bonchev–Trinajstić information content (AvgIpc) is 2.43. The van der Waals surface area contributed by atoms with E-state index in [1.165, 1.54) is 0 Å². The number of rotatable bonds is 8. The van der Waals surface area contributed by atoms with Gasteiger partial charge >= 0.3 is 0 Å². The molecule has 0 aliphatic heterocycles. The van der Waals surface area contributed by atoms with Crippen LogP contribution in [0.25, 0.3) is 0 Å². The maximum absolute atomic E-state index is 12.0. The zero-order valence-corrected chi connectivity index (χ0v) is 12.7. The van der Waals surface area contributed by atoms with Crippen LogP contribution in [-0.4, -0.2) is 41.5 Å². The van der Waals surface area contributed by atoms with Crippen molar-refractivity contribution < 1.29 is 4.79 Å². The third kappa shape index (κ3) is 5.57. The number of nitrogens with zero attached hydrogens (tertiary/aromatic N) is 2. The van der Waals surface area contributed by atoms with Gasteiger partial charge in [0.25, 0.3) is 5.91 Å². The molecule has 0 fully saturated rings. The van der Waals surface area contributed by atoms with Gasteiger partial charge in [-0.2, -0.15) is 0 Å². The van der Waals surface area contributed by atoms with Crippen molar-refractivity contribution in [1.29, 1.82) is 0 Å². The van der Waals surface area contributed by atoms with Crippen molar-refractivity contribution in [3.63, 3.8) is 0 Å². The van der Waals surface area contributed by atoms with E-state index in [9.17, 15) is 4.79 Å². The summed E-state index contributed by atoms with van der Waals surface area (Å²) in [6, 6.07) is 5.22. The zero-order valence-electron chi connectivity index (χ0n) is 12.7. The van der Waals surface area contributed by atoms with Crippen LogP contribution in [0.4, 0.5) is 5.82 Å². The summed E-state index contributed by atoms with van der Waals surface area (Å²) in [5, 5.41) is 2.96. The Balaban J connectivity index is 2.35. The number of pyridine rings is 1. The minimum Gasteiger partial charge on any atom is -0.384 e. The molecule has 0 radical (unpaired) electrons. The number of carbonyl (C=O) groups is 1. The molecule has 3 N–H and O–H groups in total. The van der Waals surface area contributed by atoms with Gasteiger partial charge in [-0.15, -0.1) is 0 Å². The van der Waals surface area contributed by atoms with E-state index < -0.39 is 0 Å². The van der Waals surface area contributed by atoms with E-state index in [0.717, 1.165) is 32.5 Å². The molecule has 112 valence electrons. The lowest BCUT2D eigenvalue weighted by atomic mass is 10.1. The molecule has 0 aliphatic carbocycles. The molecule has 1 amide bonds. The fourth-order valence-corrected chi connectivity index (χ4v) is 2.11. The summed E-state index contributed by atoms with van der Waals surface area (Å²) in [6.07, 6.45) is 2.04. The maximum atomic E-state index is 12.0. The Morgan fingerprint density at radius 2 is 2.10 bits per heavy atom. The van der Waals surface area contributed by atoms with E-state index in [1.54, 1.807) is 18.2 Å². The first kappa shape index (κ1) is 16.4. The van der Waals surface area contributed by atoms with E-state index >= 15 is 0 Å². The van der Waals surface area contributed by atoms with Gasteiger partial charge in [0.1, 0.15) is 11.5 Å². The number of nitrogens with one attached hydrogen (secondary N) is 1. The van der Waals surface area contributed by atoms with Gasteiger partial charge in [-0.05, 0) is 51.5 Å². The Hall–Kier alpha value is -1.62. The van der Waals surface area contributed by atoms with Crippen molar-refractivity contribution in [3.8, 4) is 0 Å². The molecule has 0 saturated heterocycles. The van der Waals surface area contributed by atoms with E-state index in [-0.39, 0.29) is 11.9 Å². The van der Waals surface area contributed by atoms with Gasteiger partial charge in [0, 0.05) is 6.04 Å². The Morgan fingerprint density at radius 1 is 1.40 bits per heavy atom. The van der Waals surface area contributed by atoms with Crippen LogP contribution in [0.15, 0.2) is 18.2 Å². The minimum absolute atomic E-state index is 0.140. The third-order valence-corrected chi connectivity index (χ3v) is 3.39. The molecule has 0 aromatic carbocycles. The molecule has 1 rings (SSSR count). The predicted molar refractivity (Wildman–Crippen MR) is 82.6 cm³/mol. The van der Waals surface area contributed by atoms with Gasteiger partial charge in [0.05, 0.1) is 0 Å². The number of nitrogen functional groups attached to an aromatic ring is 1. The fraction of sp³-hybridized carbons (Fsp3) is 0.600. The molecule has 1 heterocycles. The van der Waals surface area contributed by atoms with E-state index in [2.05, 4.69) is 29.0 Å². The first-order valence-corrected chi connectivity index (χ1v) is 7.32. The molecular weight excluding hydrogens is 252 g/mol. The van der Waals surface area contributed by atoms with Crippen molar-refractivity contribution in [1.82, 2.24) is 15.2 Å². The molecule has 0 bridgehead atoms. The second kappa shape index (κ2) is 8.53. The number of nitrogens with two attached hydrogens (primary N) is 1. The Bertz CT molecular complexity index is 418. The Labute approximate surface area is 121 Å². The second-order valence-electron chi connectivity index (χ2n) is 4.99. The fourth-order valence-electron chi connectivity index (χ4n) is 2.11. The molecule has 1 aromatic rings. The largest absolute Gasteiger partial charge is 0.384 e. The maximum Gasteiger partial charge on any atom is 0.270 e. The average molecular weight is 278 g/mol. The van der Waals surface area contributed by atoms with Crippen LogP contribution in [-0.2, 0) is 0 Å². The van der Waals surface area contributed by atoms with Crippen molar-refractivity contribution >= 4 is 11.7 Å². The first-order valence-electron chi connectivity index (χ1n) is 7.32. The minimum atomic E-state index is -0.160. The van der Waals surface area contributed by atoms with E-state index in [1.807, 2.05) is 6.92 Å². The molecule has 5 nitrogen and oxygen atoms in total. The van der Waals surface area contributed by atoms with Crippen LogP contribution < -0.4 is 11.1 Å². The summed E-state index contributed by atoms with van der Waals surface area (Å²) in [5.41, 5.74) is 5.95. The first-order chi connectivity index (χ1) is 9.56. The van der Waals surface area contributed by atoms with Gasteiger partial charge in [0.15, 0.2) is 0 Å². The zero-order chi connectivity index (χ0) is 15.0. The third-order valence-electron chi connectivity index (χ3n) is 3.39. The van der Waals surface area contributed by atoms with Gasteiger partial charge < -0.3 is 16.0 Å². The second-order valence-corrected chi connectivity index (χ2v) is 4.99. The molecule has 5 heteroatoms. The van der Waals surface area contributed by atoms with E-state index in [0.29, 0.717) is 11.5 Å². The number of aromatic nitrogens is 1. The van der Waals surface area contributed by atoms with Crippen molar-refractivity contribution in [3.05, 3.63) is 23.9 Å². The number of anilines is 1. The molecule has 1 unspecified atom stereocenters. The summed E-state index contributed by atoms with van der Waals surface area (Å²) < 4.78 is 0. The van der Waals surface area contributed by atoms with Crippen LogP contribution >= 0.6 is 0 Å². The lowest BCUT2D eigenvalue weighted by Gasteiger charge is -2.19. The summed E-state index contributed by atoms with van der Waals surface area (Å²) in [4.78, 5) is 18.4. The van der Waals surface area contributed by atoms with Crippen molar-refractivity contribution in [2.24, 2.45) is 0 Å². The SMILES string of the molecule is CCN(CC)CCCC(C)NC(=O)c1cccc(N)n1. The van der Waals surface area contributed by atoms with Gasteiger partial charge in [-0.25, -0.2) is 4.98 Å². The highest BCUT2D eigenvalue weighted by molar-refractivity contribution is 5.92. The molecule has 1 aromatic heterocycles. The summed E-state index contributed by atoms with van der Waals surface area (Å²) in [5.74, 6) is 0.208. The highest BCUT2D eigenvalue weighted by Crippen LogP contribution is 2.03. The Morgan fingerprint density at radius 3 is 2.70 bits per heavy atom. The topological polar surface area (TPSA) is 71.2 Å². The normalized spacial score (nSPS) is 12.4. The number of carbonyl (C=O) groups excluding carboxylic acids is 1. The van der Waals surface area contributed by atoms with Gasteiger partial charge in [-0.1, -0.05) is 19.9 Å². The number of amides is 1. The molecule has 0 aliphatic rings. The lowest BCUT2D eigenvalue weighted by Crippen LogP contribution is -2.34. The molecular formula is C15H26N4O. The van der Waals surface area contributed by atoms with Crippen LogP contribution in [0.2, 0.25) is 0 Å². The van der Waals surface area contributed by atoms with Crippen molar-refractivity contribution in [2.75, 3.05) is 25.4 Å². The Kier molecular flexibility index (Phi) is 7.01. The van der Waals surface area contributed by atoms with Crippen molar-refractivity contribution in [2.45, 2.75) is 39.7 Å². The summed E-state index contributed by atoms with van der Waals surface area (Å²) in [7, 11) is 0. The number of hydrogen-bond donors (Lipinski definition) is 2. The highest BCUT2D eigenvalue weighted by Gasteiger charge is 2.11.